The third kappa shape index (κ3) is 4.62. The Morgan fingerprint density at radius 1 is 1.21 bits per heavy atom. The molecule has 4 rings (SSSR count). The molecule has 0 spiro atoms. The lowest BCUT2D eigenvalue weighted by Crippen LogP contribution is -2.46. The quantitative estimate of drug-likeness (QED) is 0.809. The number of hydrogen-bond donors (Lipinski definition) is 2. The standard InChI is InChI=1S/C23H34N2O3/c1-23(2,27)15-16-9-11-25(12-10-16)22(26)21-14-17-13-19(7-8-20(17)24-21)28-18-5-3-4-6-18/h7-8,13,16,18,21,24,27H,3-6,9-12,14-15H2,1-2H3. The van der Waals surface area contributed by atoms with Gasteiger partial charge in [-0.05, 0) is 88.5 Å². The number of benzene rings is 1. The van der Waals surface area contributed by atoms with Gasteiger partial charge in [-0.2, -0.15) is 0 Å². The van der Waals surface area contributed by atoms with Gasteiger partial charge in [0.2, 0.25) is 5.91 Å². The van der Waals surface area contributed by atoms with Crippen molar-refractivity contribution in [2.45, 2.75) is 83.0 Å². The highest BCUT2D eigenvalue weighted by molar-refractivity contribution is 5.87. The maximum Gasteiger partial charge on any atom is 0.245 e. The monoisotopic (exact) mass is 386 g/mol. The normalized spacial score (nSPS) is 23.5. The van der Waals surface area contributed by atoms with Crippen molar-refractivity contribution < 1.29 is 14.6 Å². The van der Waals surface area contributed by atoms with Crippen LogP contribution < -0.4 is 10.1 Å². The lowest BCUT2D eigenvalue weighted by Gasteiger charge is -2.35. The van der Waals surface area contributed by atoms with E-state index in [0.717, 1.165) is 63.1 Å². The van der Waals surface area contributed by atoms with E-state index in [2.05, 4.69) is 17.4 Å². The molecule has 1 aromatic rings. The topological polar surface area (TPSA) is 61.8 Å². The number of carbonyl (C=O) groups is 1. The van der Waals surface area contributed by atoms with E-state index in [0.29, 0.717) is 12.0 Å². The number of ether oxygens (including phenoxy) is 1. The lowest BCUT2D eigenvalue weighted by atomic mass is 9.86. The minimum Gasteiger partial charge on any atom is -0.490 e. The number of aliphatic hydroxyl groups is 1. The van der Waals surface area contributed by atoms with E-state index in [1.54, 1.807) is 0 Å². The lowest BCUT2D eigenvalue weighted by molar-refractivity contribution is -0.133. The Balaban J connectivity index is 1.31. The molecule has 5 nitrogen and oxygen atoms in total. The molecule has 1 unspecified atom stereocenters. The van der Waals surface area contributed by atoms with Crippen molar-refractivity contribution in [3.63, 3.8) is 0 Å². The van der Waals surface area contributed by atoms with Gasteiger partial charge in [0.25, 0.3) is 0 Å². The van der Waals surface area contributed by atoms with Crippen molar-refractivity contribution in [2.75, 3.05) is 18.4 Å². The molecule has 1 aliphatic carbocycles. The number of fused-ring (bicyclic) bond motifs is 1. The van der Waals surface area contributed by atoms with Crippen molar-refractivity contribution >= 4 is 11.6 Å². The SMILES string of the molecule is CC(C)(O)CC1CCN(C(=O)C2Cc3cc(OC4CCCC4)ccc3N2)CC1. The van der Waals surface area contributed by atoms with Gasteiger partial charge in [-0.25, -0.2) is 0 Å². The highest BCUT2D eigenvalue weighted by Crippen LogP contribution is 2.33. The second kappa shape index (κ2) is 7.94. The molecule has 0 bridgehead atoms. The van der Waals surface area contributed by atoms with Crippen LogP contribution in [0.25, 0.3) is 0 Å². The van der Waals surface area contributed by atoms with Gasteiger partial charge in [0, 0.05) is 25.2 Å². The smallest absolute Gasteiger partial charge is 0.245 e. The summed E-state index contributed by atoms with van der Waals surface area (Å²) in [5.41, 5.74) is 1.63. The summed E-state index contributed by atoms with van der Waals surface area (Å²) < 4.78 is 6.12. The van der Waals surface area contributed by atoms with Crippen molar-refractivity contribution in [2.24, 2.45) is 5.92 Å². The molecule has 1 atom stereocenters. The molecule has 0 aromatic heterocycles. The molecule has 154 valence electrons. The van der Waals surface area contributed by atoms with Crippen molar-refractivity contribution in [1.82, 2.24) is 4.90 Å². The number of carbonyl (C=O) groups excluding carboxylic acids is 1. The van der Waals surface area contributed by atoms with E-state index in [1.165, 1.54) is 18.4 Å². The average molecular weight is 387 g/mol. The Labute approximate surface area is 168 Å². The number of piperidine rings is 1. The highest BCUT2D eigenvalue weighted by atomic mass is 16.5. The van der Waals surface area contributed by atoms with E-state index in [9.17, 15) is 9.90 Å². The molecule has 1 saturated carbocycles. The highest BCUT2D eigenvalue weighted by Gasteiger charge is 2.33. The zero-order valence-electron chi connectivity index (χ0n) is 17.2. The summed E-state index contributed by atoms with van der Waals surface area (Å²) in [4.78, 5) is 15.0. The minimum atomic E-state index is -0.621. The largest absolute Gasteiger partial charge is 0.490 e. The maximum atomic E-state index is 13.0. The number of nitrogens with one attached hydrogen (secondary N) is 1. The first-order valence-corrected chi connectivity index (χ1v) is 10.9. The Hall–Kier alpha value is -1.75. The number of hydrogen-bond acceptors (Lipinski definition) is 4. The van der Waals surface area contributed by atoms with Crippen molar-refractivity contribution in [3.05, 3.63) is 23.8 Å². The molecule has 1 aromatic carbocycles. The summed E-state index contributed by atoms with van der Waals surface area (Å²) >= 11 is 0. The first-order chi connectivity index (χ1) is 13.4. The molecule has 2 N–H and O–H groups in total. The Kier molecular flexibility index (Phi) is 5.55. The van der Waals surface area contributed by atoms with Crippen LogP contribution >= 0.6 is 0 Å². The molecule has 2 aliphatic heterocycles. The van der Waals surface area contributed by atoms with Crippen LogP contribution in [0.2, 0.25) is 0 Å². The molecule has 5 heteroatoms. The third-order valence-corrected chi connectivity index (χ3v) is 6.45. The summed E-state index contributed by atoms with van der Waals surface area (Å²) in [6.07, 6.45) is 8.70. The van der Waals surface area contributed by atoms with Crippen LogP contribution in [0.4, 0.5) is 5.69 Å². The van der Waals surface area contributed by atoms with Crippen LogP contribution in [-0.4, -0.2) is 46.7 Å². The van der Waals surface area contributed by atoms with E-state index >= 15 is 0 Å². The van der Waals surface area contributed by atoms with Gasteiger partial charge in [0.1, 0.15) is 11.8 Å². The first kappa shape index (κ1) is 19.6. The third-order valence-electron chi connectivity index (χ3n) is 6.45. The van der Waals surface area contributed by atoms with E-state index < -0.39 is 5.60 Å². The fourth-order valence-electron chi connectivity index (χ4n) is 5.04. The van der Waals surface area contributed by atoms with E-state index in [-0.39, 0.29) is 11.9 Å². The van der Waals surface area contributed by atoms with E-state index in [4.69, 9.17) is 4.74 Å². The molecule has 2 fully saturated rings. The van der Waals surface area contributed by atoms with Gasteiger partial charge < -0.3 is 20.1 Å². The second-order valence-electron chi connectivity index (χ2n) is 9.53. The molecule has 0 radical (unpaired) electrons. The molecule has 2 heterocycles. The average Bonchev–Trinajstić information content (AvgIpc) is 3.29. The van der Waals surface area contributed by atoms with Crippen LogP contribution in [0, 0.1) is 5.92 Å². The zero-order chi connectivity index (χ0) is 19.7. The summed E-state index contributed by atoms with van der Waals surface area (Å²) in [5.74, 6) is 1.65. The molecule has 3 aliphatic rings. The van der Waals surface area contributed by atoms with E-state index in [1.807, 2.05) is 24.8 Å². The summed E-state index contributed by atoms with van der Waals surface area (Å²) in [5, 5.41) is 13.4. The number of nitrogens with zero attached hydrogens (tertiary/aromatic N) is 1. The zero-order valence-corrected chi connectivity index (χ0v) is 17.2. The number of likely N-dealkylation sites (tertiary alicyclic amines) is 1. The van der Waals surface area contributed by atoms with Gasteiger partial charge in [0.15, 0.2) is 0 Å². The van der Waals surface area contributed by atoms with Crippen LogP contribution in [-0.2, 0) is 11.2 Å². The fraction of sp³-hybridized carbons (Fsp3) is 0.696. The number of anilines is 1. The van der Waals surface area contributed by atoms with Crippen LogP contribution in [0.15, 0.2) is 18.2 Å². The van der Waals surface area contributed by atoms with Gasteiger partial charge in [-0.3, -0.25) is 4.79 Å². The second-order valence-corrected chi connectivity index (χ2v) is 9.53. The van der Waals surface area contributed by atoms with Crippen molar-refractivity contribution in [3.8, 4) is 5.75 Å². The summed E-state index contributed by atoms with van der Waals surface area (Å²) in [6, 6.07) is 6.04. The Morgan fingerprint density at radius 2 is 1.93 bits per heavy atom. The van der Waals surface area contributed by atoms with Crippen molar-refractivity contribution in [1.29, 1.82) is 0 Å². The van der Waals surface area contributed by atoms with Gasteiger partial charge in [0.05, 0.1) is 11.7 Å². The Morgan fingerprint density at radius 3 is 2.61 bits per heavy atom. The molecular formula is C23H34N2O3. The minimum absolute atomic E-state index is 0.164. The molecule has 28 heavy (non-hydrogen) atoms. The predicted molar refractivity (Wildman–Crippen MR) is 111 cm³/mol. The molecule has 1 saturated heterocycles. The maximum absolute atomic E-state index is 13.0. The van der Waals surface area contributed by atoms with Gasteiger partial charge >= 0.3 is 0 Å². The molecular weight excluding hydrogens is 352 g/mol. The van der Waals surface area contributed by atoms with Crippen LogP contribution in [0.1, 0.15) is 64.4 Å². The van der Waals surface area contributed by atoms with Crippen LogP contribution in [0.5, 0.6) is 5.75 Å². The fourth-order valence-corrected chi connectivity index (χ4v) is 5.04. The summed E-state index contributed by atoms with van der Waals surface area (Å²) in [7, 11) is 0. The first-order valence-electron chi connectivity index (χ1n) is 10.9. The predicted octanol–water partition coefficient (Wildman–Crippen LogP) is 3.74. The molecule has 1 amide bonds. The Bertz CT molecular complexity index is 698. The number of rotatable bonds is 5. The van der Waals surface area contributed by atoms with Crippen LogP contribution in [0.3, 0.4) is 0 Å². The van der Waals surface area contributed by atoms with Gasteiger partial charge in [-0.15, -0.1) is 0 Å². The summed E-state index contributed by atoms with van der Waals surface area (Å²) in [6.45, 7) is 5.33. The van der Waals surface area contributed by atoms with Gasteiger partial charge in [-0.1, -0.05) is 0 Å². The number of amides is 1.